The fourth-order valence-electron chi connectivity index (χ4n) is 8.54. The molecule has 0 rings (SSSR count). The molecule has 0 N–H and O–H groups in total. The van der Waals surface area contributed by atoms with Gasteiger partial charge in [0.15, 0.2) is 6.10 Å². The molecule has 0 aliphatic heterocycles. The summed E-state index contributed by atoms with van der Waals surface area (Å²) in [4.78, 5) is 38.1. The van der Waals surface area contributed by atoms with E-state index in [0.717, 1.165) is 70.6 Å². The van der Waals surface area contributed by atoms with Crippen molar-refractivity contribution < 1.29 is 28.6 Å². The van der Waals surface area contributed by atoms with Crippen molar-refractivity contribution in [3.63, 3.8) is 0 Å². The van der Waals surface area contributed by atoms with Gasteiger partial charge >= 0.3 is 17.9 Å². The zero-order valence-corrected chi connectivity index (χ0v) is 43.8. The summed E-state index contributed by atoms with van der Waals surface area (Å²) in [5, 5.41) is 0. The maximum absolute atomic E-state index is 12.8. The first-order valence-corrected chi connectivity index (χ1v) is 28.8. The van der Waals surface area contributed by atoms with Gasteiger partial charge in [-0.3, -0.25) is 14.4 Å². The molecule has 0 spiro atoms. The zero-order chi connectivity index (χ0) is 47.2. The molecule has 1 atom stereocenters. The molecule has 0 saturated carbocycles. The van der Waals surface area contributed by atoms with Crippen molar-refractivity contribution in [3.8, 4) is 0 Å². The Labute approximate surface area is 404 Å². The number of ether oxygens (including phenoxy) is 3. The van der Waals surface area contributed by atoms with E-state index in [4.69, 9.17) is 14.2 Å². The van der Waals surface area contributed by atoms with Crippen LogP contribution in [0.25, 0.3) is 0 Å². The van der Waals surface area contributed by atoms with Crippen LogP contribution in [0.2, 0.25) is 0 Å². The molecule has 0 radical (unpaired) electrons. The van der Waals surface area contributed by atoms with E-state index in [2.05, 4.69) is 45.1 Å². The summed E-state index contributed by atoms with van der Waals surface area (Å²) in [6.07, 6.45) is 63.2. The molecule has 0 saturated heterocycles. The van der Waals surface area contributed by atoms with E-state index in [-0.39, 0.29) is 31.1 Å². The Morgan fingerprint density at radius 2 is 0.523 bits per heavy atom. The highest BCUT2D eigenvalue weighted by molar-refractivity contribution is 5.71. The van der Waals surface area contributed by atoms with Crippen LogP contribution in [0.3, 0.4) is 0 Å². The second kappa shape index (κ2) is 54.5. The molecule has 6 heteroatoms. The summed E-state index contributed by atoms with van der Waals surface area (Å²) in [5.74, 6) is -0.873. The average molecular weight is 916 g/mol. The topological polar surface area (TPSA) is 78.9 Å². The van der Waals surface area contributed by atoms with Crippen molar-refractivity contribution in [2.75, 3.05) is 13.2 Å². The second-order valence-electron chi connectivity index (χ2n) is 19.6. The number of hydrogen-bond donors (Lipinski definition) is 0. The van der Waals surface area contributed by atoms with Gasteiger partial charge in [-0.1, -0.05) is 257 Å². The number of hydrogen-bond acceptors (Lipinski definition) is 6. The normalized spacial score (nSPS) is 12.1. The van der Waals surface area contributed by atoms with Crippen LogP contribution in [0, 0.1) is 0 Å². The maximum Gasteiger partial charge on any atom is 0.306 e. The Balaban J connectivity index is 4.27. The van der Waals surface area contributed by atoms with Crippen LogP contribution in [0.15, 0.2) is 24.3 Å². The van der Waals surface area contributed by atoms with Gasteiger partial charge in [0, 0.05) is 19.3 Å². The lowest BCUT2D eigenvalue weighted by Gasteiger charge is -2.18. The number of esters is 3. The van der Waals surface area contributed by atoms with Crippen LogP contribution < -0.4 is 0 Å². The van der Waals surface area contributed by atoms with Crippen LogP contribution in [0.4, 0.5) is 0 Å². The molecule has 6 nitrogen and oxygen atoms in total. The highest BCUT2D eigenvalue weighted by Crippen LogP contribution is 2.17. The summed E-state index contributed by atoms with van der Waals surface area (Å²) >= 11 is 0. The number of unbranched alkanes of at least 4 members (excludes halogenated alkanes) is 38. The predicted octanol–water partition coefficient (Wildman–Crippen LogP) is 19.1. The zero-order valence-electron chi connectivity index (χ0n) is 43.8. The van der Waals surface area contributed by atoms with Gasteiger partial charge in [0.2, 0.25) is 0 Å². The van der Waals surface area contributed by atoms with E-state index >= 15 is 0 Å². The first-order chi connectivity index (χ1) is 32.0. The summed E-state index contributed by atoms with van der Waals surface area (Å²) < 4.78 is 16.8. The van der Waals surface area contributed by atoms with Gasteiger partial charge in [0.1, 0.15) is 13.2 Å². The van der Waals surface area contributed by atoms with Crippen LogP contribution in [-0.4, -0.2) is 37.2 Å². The first kappa shape index (κ1) is 62.9. The Hall–Kier alpha value is -2.11. The Morgan fingerprint density at radius 1 is 0.292 bits per heavy atom. The number of rotatable bonds is 53. The Kier molecular flexibility index (Phi) is 52.7. The van der Waals surface area contributed by atoms with Gasteiger partial charge in [0.25, 0.3) is 0 Å². The maximum atomic E-state index is 12.8. The fraction of sp³-hybridized carbons (Fsp3) is 0.881. The third kappa shape index (κ3) is 52.7. The summed E-state index contributed by atoms with van der Waals surface area (Å²) in [5.41, 5.74) is 0. The Bertz CT molecular complexity index is 1050. The lowest BCUT2D eigenvalue weighted by atomic mass is 10.0. The van der Waals surface area contributed by atoms with Crippen LogP contribution in [0.5, 0.6) is 0 Å². The van der Waals surface area contributed by atoms with Gasteiger partial charge < -0.3 is 14.2 Å². The predicted molar refractivity (Wildman–Crippen MR) is 279 cm³/mol. The largest absolute Gasteiger partial charge is 0.462 e. The van der Waals surface area contributed by atoms with E-state index in [0.29, 0.717) is 19.3 Å². The molecular weight excluding hydrogens is 805 g/mol. The summed E-state index contributed by atoms with van der Waals surface area (Å²) in [6.45, 7) is 6.63. The molecule has 0 amide bonds. The van der Waals surface area contributed by atoms with Crippen molar-refractivity contribution in [2.24, 2.45) is 0 Å². The molecule has 0 aromatic rings. The van der Waals surface area contributed by atoms with E-state index in [9.17, 15) is 14.4 Å². The minimum Gasteiger partial charge on any atom is -0.462 e. The molecular formula is C59H110O6. The highest BCUT2D eigenvalue weighted by Gasteiger charge is 2.19. The third-order valence-corrected chi connectivity index (χ3v) is 12.9. The molecule has 0 heterocycles. The first-order valence-electron chi connectivity index (χ1n) is 28.8. The molecule has 0 unspecified atom stereocenters. The van der Waals surface area contributed by atoms with Crippen molar-refractivity contribution in [1.29, 1.82) is 0 Å². The van der Waals surface area contributed by atoms with Gasteiger partial charge in [-0.25, -0.2) is 0 Å². The van der Waals surface area contributed by atoms with Gasteiger partial charge in [0.05, 0.1) is 0 Å². The quantitative estimate of drug-likeness (QED) is 0.0262. The lowest BCUT2D eigenvalue weighted by molar-refractivity contribution is -0.167. The van der Waals surface area contributed by atoms with E-state index in [1.807, 2.05) is 0 Å². The second-order valence-corrected chi connectivity index (χ2v) is 19.6. The third-order valence-electron chi connectivity index (χ3n) is 12.9. The molecule has 0 aliphatic carbocycles. The summed E-state index contributed by atoms with van der Waals surface area (Å²) in [6, 6.07) is 0. The Morgan fingerprint density at radius 3 is 0.815 bits per heavy atom. The molecule has 0 aliphatic rings. The molecule has 0 fully saturated rings. The van der Waals surface area contributed by atoms with Crippen molar-refractivity contribution in [1.82, 2.24) is 0 Å². The van der Waals surface area contributed by atoms with Crippen LogP contribution in [0.1, 0.15) is 316 Å². The van der Waals surface area contributed by atoms with Crippen molar-refractivity contribution in [3.05, 3.63) is 24.3 Å². The number of allylic oxidation sites excluding steroid dienone is 4. The summed E-state index contributed by atoms with van der Waals surface area (Å²) in [7, 11) is 0. The molecule has 0 bridgehead atoms. The molecule has 0 aromatic heterocycles. The lowest BCUT2D eigenvalue weighted by Crippen LogP contribution is -2.30. The van der Waals surface area contributed by atoms with Gasteiger partial charge in [-0.05, 0) is 64.2 Å². The molecule has 65 heavy (non-hydrogen) atoms. The van der Waals surface area contributed by atoms with E-state index < -0.39 is 6.10 Å². The van der Waals surface area contributed by atoms with Crippen molar-refractivity contribution in [2.45, 2.75) is 322 Å². The number of carbonyl (C=O) groups is 3. The van der Waals surface area contributed by atoms with Gasteiger partial charge in [-0.2, -0.15) is 0 Å². The van der Waals surface area contributed by atoms with Crippen LogP contribution in [-0.2, 0) is 28.6 Å². The minimum absolute atomic E-state index is 0.0743. The molecule has 382 valence electrons. The SMILES string of the molecule is CCCC/C=C\CCCCCCCC(=O)OC[C@@H](COC(=O)CCCCCCC/C=C\CCCCCCCC)OC(=O)CCCCCCCCCCCCCCCCCCCCCCC. The highest BCUT2D eigenvalue weighted by atomic mass is 16.6. The van der Waals surface area contributed by atoms with E-state index in [1.54, 1.807) is 0 Å². The standard InChI is InChI=1S/C59H110O6/c1-4-7-10-13-16-19-22-24-26-27-28-29-30-31-33-35-38-41-44-47-50-53-59(62)65-56(54-63-57(60)51-48-45-42-39-36-21-18-15-12-9-6-3)55-64-58(61)52-49-46-43-40-37-34-32-25-23-20-17-14-11-8-5-2/h15,18,25,32,56H,4-14,16-17,19-24,26-31,33-55H2,1-3H3/b18-15-,32-25-/t56-/m0/s1. The van der Waals surface area contributed by atoms with E-state index in [1.165, 1.54) is 205 Å². The fourth-order valence-corrected chi connectivity index (χ4v) is 8.54. The number of carbonyl (C=O) groups excluding carboxylic acids is 3. The van der Waals surface area contributed by atoms with Crippen molar-refractivity contribution >= 4 is 17.9 Å². The average Bonchev–Trinajstić information content (AvgIpc) is 3.30. The monoisotopic (exact) mass is 915 g/mol. The molecule has 0 aromatic carbocycles. The smallest absolute Gasteiger partial charge is 0.306 e. The minimum atomic E-state index is -0.773. The van der Waals surface area contributed by atoms with Gasteiger partial charge in [-0.15, -0.1) is 0 Å². The van der Waals surface area contributed by atoms with Crippen LogP contribution >= 0.6 is 0 Å².